The largest absolute Gasteiger partial charge is 0.478 e. The zero-order chi connectivity index (χ0) is 17.1. The third-order valence-electron chi connectivity index (χ3n) is 1.96. The molecule has 0 radical (unpaired) electrons. The van der Waals surface area contributed by atoms with Crippen LogP contribution in [-0.4, -0.2) is 69.7 Å². The van der Waals surface area contributed by atoms with Gasteiger partial charge < -0.3 is 29.9 Å². The minimum atomic E-state index is -1.58. The SMILES string of the molecule is O=C(O)C=CC(=O)OC[C@@H](O)[C@@H](O)COC(=O)C=CC(=O)O. The Morgan fingerprint density at radius 2 is 1.05 bits per heavy atom. The molecule has 10 nitrogen and oxygen atoms in total. The van der Waals surface area contributed by atoms with Crippen molar-refractivity contribution in [3.05, 3.63) is 24.3 Å². The van der Waals surface area contributed by atoms with E-state index in [2.05, 4.69) is 9.47 Å². The van der Waals surface area contributed by atoms with Crippen LogP contribution in [0.4, 0.5) is 0 Å². The Morgan fingerprint density at radius 1 is 0.727 bits per heavy atom. The fourth-order valence-corrected chi connectivity index (χ4v) is 0.932. The van der Waals surface area contributed by atoms with Crippen LogP contribution in [0.5, 0.6) is 0 Å². The number of rotatable bonds is 9. The van der Waals surface area contributed by atoms with Gasteiger partial charge in [-0.05, 0) is 0 Å². The fourth-order valence-electron chi connectivity index (χ4n) is 0.932. The first kappa shape index (κ1) is 19.3. The lowest BCUT2D eigenvalue weighted by atomic mass is 10.2. The summed E-state index contributed by atoms with van der Waals surface area (Å²) in [6.07, 6.45) is -0.892. The number of carboxylic acids is 2. The van der Waals surface area contributed by atoms with E-state index in [-0.39, 0.29) is 0 Å². The number of aliphatic carboxylic acids is 2. The summed E-state index contributed by atoms with van der Waals surface area (Å²) in [6, 6.07) is 0. The highest BCUT2D eigenvalue weighted by Gasteiger charge is 2.19. The number of hydrogen-bond acceptors (Lipinski definition) is 8. The van der Waals surface area contributed by atoms with E-state index in [1.165, 1.54) is 0 Å². The van der Waals surface area contributed by atoms with Crippen molar-refractivity contribution in [1.29, 1.82) is 0 Å². The quantitative estimate of drug-likeness (QED) is 0.277. The summed E-state index contributed by atoms with van der Waals surface area (Å²) in [6.45, 7) is -1.32. The number of carbonyl (C=O) groups excluding carboxylic acids is 2. The Labute approximate surface area is 123 Å². The highest BCUT2D eigenvalue weighted by molar-refractivity contribution is 5.91. The van der Waals surface area contributed by atoms with Crippen molar-refractivity contribution in [3.8, 4) is 0 Å². The van der Waals surface area contributed by atoms with Gasteiger partial charge in [-0.2, -0.15) is 0 Å². The van der Waals surface area contributed by atoms with E-state index in [1.807, 2.05) is 0 Å². The molecule has 4 N–H and O–H groups in total. The van der Waals surface area contributed by atoms with Gasteiger partial charge in [0.05, 0.1) is 0 Å². The number of carbonyl (C=O) groups is 4. The minimum Gasteiger partial charge on any atom is -0.478 e. The summed E-state index contributed by atoms with van der Waals surface area (Å²) in [4.78, 5) is 42.2. The van der Waals surface area contributed by atoms with Gasteiger partial charge in [-0.1, -0.05) is 0 Å². The van der Waals surface area contributed by atoms with Crippen molar-refractivity contribution < 1.29 is 49.1 Å². The average molecular weight is 318 g/mol. The maximum Gasteiger partial charge on any atom is 0.331 e. The predicted molar refractivity (Wildman–Crippen MR) is 67.5 cm³/mol. The molecule has 0 saturated heterocycles. The molecule has 122 valence electrons. The first-order valence-corrected chi connectivity index (χ1v) is 5.74. The molecule has 0 aromatic heterocycles. The Kier molecular flexibility index (Phi) is 8.83. The molecule has 0 aromatic carbocycles. The monoisotopic (exact) mass is 318 g/mol. The topological polar surface area (TPSA) is 168 Å². The summed E-state index contributed by atoms with van der Waals surface area (Å²) in [5, 5.41) is 35.3. The third kappa shape index (κ3) is 10.1. The summed E-state index contributed by atoms with van der Waals surface area (Å²) in [7, 11) is 0. The van der Waals surface area contributed by atoms with E-state index < -0.39 is 49.3 Å². The molecule has 10 heteroatoms. The number of carboxylic acid groups (broad SMARTS) is 2. The van der Waals surface area contributed by atoms with Gasteiger partial charge in [-0.25, -0.2) is 19.2 Å². The molecular formula is C12H14O10. The fraction of sp³-hybridized carbons (Fsp3) is 0.333. The zero-order valence-corrected chi connectivity index (χ0v) is 11.1. The lowest BCUT2D eigenvalue weighted by molar-refractivity contribution is -0.150. The smallest absolute Gasteiger partial charge is 0.331 e. The van der Waals surface area contributed by atoms with Crippen LogP contribution in [0.1, 0.15) is 0 Å². The molecule has 0 aromatic rings. The van der Waals surface area contributed by atoms with Crippen molar-refractivity contribution in [3.63, 3.8) is 0 Å². The van der Waals surface area contributed by atoms with Crippen LogP contribution in [0, 0.1) is 0 Å². The van der Waals surface area contributed by atoms with Gasteiger partial charge in [0, 0.05) is 24.3 Å². The second-order valence-corrected chi connectivity index (χ2v) is 3.74. The lowest BCUT2D eigenvalue weighted by Gasteiger charge is -2.16. The summed E-state index contributed by atoms with van der Waals surface area (Å²) >= 11 is 0. The Hall–Kier alpha value is -2.72. The van der Waals surface area contributed by atoms with E-state index in [1.54, 1.807) is 0 Å². The van der Waals surface area contributed by atoms with Crippen LogP contribution in [0.15, 0.2) is 24.3 Å². The molecule has 0 fully saturated rings. The van der Waals surface area contributed by atoms with Gasteiger partial charge in [-0.15, -0.1) is 0 Å². The highest BCUT2D eigenvalue weighted by Crippen LogP contribution is 1.98. The van der Waals surface area contributed by atoms with Gasteiger partial charge >= 0.3 is 23.9 Å². The van der Waals surface area contributed by atoms with Crippen molar-refractivity contribution >= 4 is 23.9 Å². The first-order chi connectivity index (χ1) is 10.2. The lowest BCUT2D eigenvalue weighted by Crippen LogP contribution is -2.35. The average Bonchev–Trinajstić information content (AvgIpc) is 2.45. The first-order valence-electron chi connectivity index (χ1n) is 5.74. The molecule has 0 aliphatic heterocycles. The van der Waals surface area contributed by atoms with Crippen LogP contribution < -0.4 is 0 Å². The van der Waals surface area contributed by atoms with E-state index in [0.29, 0.717) is 24.3 Å². The third-order valence-corrected chi connectivity index (χ3v) is 1.96. The molecule has 0 aliphatic carbocycles. The van der Waals surface area contributed by atoms with Crippen LogP contribution in [0.3, 0.4) is 0 Å². The maximum atomic E-state index is 11.0. The second-order valence-electron chi connectivity index (χ2n) is 3.74. The van der Waals surface area contributed by atoms with Crippen LogP contribution in [-0.2, 0) is 28.7 Å². The maximum absolute atomic E-state index is 11.0. The van der Waals surface area contributed by atoms with Crippen molar-refractivity contribution in [2.24, 2.45) is 0 Å². The molecule has 0 aliphatic rings. The number of aliphatic hydroxyl groups is 2. The molecule has 0 heterocycles. The Balaban J connectivity index is 4.09. The summed E-state index contributed by atoms with van der Waals surface area (Å²) in [5.74, 6) is -4.82. The molecule has 0 spiro atoms. The zero-order valence-electron chi connectivity index (χ0n) is 11.1. The molecular weight excluding hydrogens is 304 g/mol. The van der Waals surface area contributed by atoms with Crippen molar-refractivity contribution in [1.82, 2.24) is 0 Å². The number of aliphatic hydroxyl groups excluding tert-OH is 2. The molecule has 2 atom stereocenters. The van der Waals surface area contributed by atoms with E-state index in [9.17, 15) is 29.4 Å². The molecule has 0 amide bonds. The van der Waals surface area contributed by atoms with Gasteiger partial charge in [0.1, 0.15) is 25.4 Å². The minimum absolute atomic E-state index is 0.529. The van der Waals surface area contributed by atoms with Crippen molar-refractivity contribution in [2.45, 2.75) is 12.2 Å². The van der Waals surface area contributed by atoms with Gasteiger partial charge in [0.2, 0.25) is 0 Å². The van der Waals surface area contributed by atoms with E-state index in [0.717, 1.165) is 0 Å². The van der Waals surface area contributed by atoms with Crippen molar-refractivity contribution in [2.75, 3.05) is 13.2 Å². The van der Waals surface area contributed by atoms with E-state index >= 15 is 0 Å². The van der Waals surface area contributed by atoms with Gasteiger partial charge in [0.25, 0.3) is 0 Å². The molecule has 0 bridgehead atoms. The normalized spacial score (nSPS) is 13.7. The molecule has 0 saturated carbocycles. The van der Waals surface area contributed by atoms with Crippen LogP contribution >= 0.6 is 0 Å². The predicted octanol–water partition coefficient (Wildman–Crippen LogP) is -1.92. The number of esters is 2. The van der Waals surface area contributed by atoms with Gasteiger partial charge in [0.15, 0.2) is 0 Å². The second kappa shape index (κ2) is 10.1. The number of ether oxygens (including phenoxy) is 2. The molecule has 0 unspecified atom stereocenters. The van der Waals surface area contributed by atoms with E-state index in [4.69, 9.17) is 10.2 Å². The van der Waals surface area contributed by atoms with Crippen LogP contribution in [0.2, 0.25) is 0 Å². The van der Waals surface area contributed by atoms with Crippen LogP contribution in [0.25, 0.3) is 0 Å². The molecule has 22 heavy (non-hydrogen) atoms. The standard InChI is InChI=1S/C12H14O10/c13-7(5-21-11(19)3-1-9(15)16)8(14)6-22-12(20)4-2-10(17)18/h1-4,7-8,13-14H,5-6H2,(H,15,16)(H,17,18)/t7-,8+. The molecule has 0 rings (SSSR count). The highest BCUT2D eigenvalue weighted by atomic mass is 16.6. The summed E-state index contributed by atoms with van der Waals surface area (Å²) < 4.78 is 8.86. The number of hydrogen-bond donors (Lipinski definition) is 4. The Bertz CT molecular complexity index is 434. The van der Waals surface area contributed by atoms with Gasteiger partial charge in [-0.3, -0.25) is 0 Å². The summed E-state index contributed by atoms with van der Waals surface area (Å²) in [5.41, 5.74) is 0. The Morgan fingerprint density at radius 3 is 1.32 bits per heavy atom.